The number of aryl methyl sites for hydroxylation is 1. The second kappa shape index (κ2) is 6.88. The Morgan fingerprint density at radius 3 is 2.69 bits per heavy atom. The van der Waals surface area contributed by atoms with Crippen LogP contribution in [-0.4, -0.2) is 58.7 Å². The summed E-state index contributed by atoms with van der Waals surface area (Å²) >= 11 is 0. The van der Waals surface area contributed by atoms with Gasteiger partial charge < -0.3 is 9.80 Å². The van der Waals surface area contributed by atoms with Crippen LogP contribution in [0.15, 0.2) is 24.3 Å². The van der Waals surface area contributed by atoms with Crippen LogP contribution >= 0.6 is 0 Å². The van der Waals surface area contributed by atoms with Crippen LogP contribution in [0.2, 0.25) is 0 Å². The molecule has 2 aliphatic rings. The Kier molecular flexibility index (Phi) is 4.57. The average Bonchev–Trinajstić information content (AvgIpc) is 3.30. The summed E-state index contributed by atoms with van der Waals surface area (Å²) < 4.78 is 2.01. The van der Waals surface area contributed by atoms with Crippen molar-refractivity contribution in [3.63, 3.8) is 0 Å². The van der Waals surface area contributed by atoms with Crippen molar-refractivity contribution in [2.45, 2.75) is 45.1 Å². The first-order valence-electron chi connectivity index (χ1n) is 9.68. The highest BCUT2D eigenvalue weighted by Gasteiger charge is 2.34. The largest absolute Gasteiger partial charge is 0.333 e. The highest BCUT2D eigenvalue weighted by Crippen LogP contribution is 2.30. The van der Waals surface area contributed by atoms with Gasteiger partial charge >= 0.3 is 0 Å². The maximum absolute atomic E-state index is 13.3. The predicted octanol–water partition coefficient (Wildman–Crippen LogP) is 2.84. The molecule has 1 aromatic heterocycles. The SMILES string of the molecule is Cc1ccc(-n2nc(C(=O)N3CCCC3CN(C)C)c3c2CCC3)cc1. The third kappa shape index (κ3) is 3.05. The van der Waals surface area contributed by atoms with Gasteiger partial charge in [0.15, 0.2) is 5.69 Å². The van der Waals surface area contributed by atoms with Gasteiger partial charge in [0.05, 0.1) is 5.69 Å². The van der Waals surface area contributed by atoms with E-state index in [2.05, 4.69) is 55.1 Å². The number of fused-ring (bicyclic) bond motifs is 1. The molecule has 1 atom stereocenters. The van der Waals surface area contributed by atoms with E-state index in [0.29, 0.717) is 11.7 Å². The van der Waals surface area contributed by atoms with Gasteiger partial charge in [-0.05, 0) is 65.3 Å². The molecule has 1 unspecified atom stereocenters. The molecule has 0 N–H and O–H groups in total. The lowest BCUT2D eigenvalue weighted by atomic mass is 10.1. The zero-order valence-electron chi connectivity index (χ0n) is 16.0. The number of hydrogen-bond acceptors (Lipinski definition) is 3. The first-order valence-corrected chi connectivity index (χ1v) is 9.68. The molecule has 1 saturated heterocycles. The van der Waals surface area contributed by atoms with Gasteiger partial charge in [0.2, 0.25) is 0 Å². The van der Waals surface area contributed by atoms with E-state index in [9.17, 15) is 4.79 Å². The molecule has 5 nitrogen and oxygen atoms in total. The monoisotopic (exact) mass is 352 g/mol. The minimum atomic E-state index is 0.123. The fraction of sp³-hybridized carbons (Fsp3) is 0.524. The Morgan fingerprint density at radius 1 is 1.19 bits per heavy atom. The van der Waals surface area contributed by atoms with Gasteiger partial charge in [-0.15, -0.1) is 0 Å². The zero-order chi connectivity index (χ0) is 18.3. The van der Waals surface area contributed by atoms with Gasteiger partial charge in [-0.1, -0.05) is 17.7 Å². The molecule has 1 aromatic carbocycles. The number of hydrogen-bond donors (Lipinski definition) is 0. The number of likely N-dealkylation sites (tertiary alicyclic amines) is 1. The average molecular weight is 352 g/mol. The summed E-state index contributed by atoms with van der Waals surface area (Å²) in [4.78, 5) is 17.6. The molecule has 0 spiro atoms. The maximum Gasteiger partial charge on any atom is 0.274 e. The number of amides is 1. The second-order valence-corrected chi connectivity index (χ2v) is 7.93. The molecule has 4 rings (SSSR count). The van der Waals surface area contributed by atoms with E-state index >= 15 is 0 Å². The minimum absolute atomic E-state index is 0.123. The van der Waals surface area contributed by atoms with Gasteiger partial charge in [-0.2, -0.15) is 5.10 Å². The summed E-state index contributed by atoms with van der Waals surface area (Å²) in [5, 5.41) is 4.80. The number of carbonyl (C=O) groups is 1. The first-order chi connectivity index (χ1) is 12.5. The maximum atomic E-state index is 13.3. The third-order valence-corrected chi connectivity index (χ3v) is 5.63. The summed E-state index contributed by atoms with van der Waals surface area (Å²) in [6.07, 6.45) is 5.26. The number of carbonyl (C=O) groups excluding carboxylic acids is 1. The molecule has 2 aromatic rings. The lowest BCUT2D eigenvalue weighted by Gasteiger charge is -2.26. The van der Waals surface area contributed by atoms with E-state index in [0.717, 1.165) is 50.9 Å². The van der Waals surface area contributed by atoms with Crippen LogP contribution in [0.1, 0.15) is 46.6 Å². The highest BCUT2D eigenvalue weighted by molar-refractivity contribution is 5.94. The van der Waals surface area contributed by atoms with Gasteiger partial charge in [-0.25, -0.2) is 4.68 Å². The molecule has 5 heteroatoms. The van der Waals surface area contributed by atoms with Crippen molar-refractivity contribution in [1.29, 1.82) is 0 Å². The molecule has 1 amide bonds. The number of rotatable bonds is 4. The van der Waals surface area contributed by atoms with Crippen molar-refractivity contribution in [3.05, 3.63) is 46.8 Å². The molecular formula is C21H28N4O. The first kappa shape index (κ1) is 17.3. The lowest BCUT2D eigenvalue weighted by molar-refractivity contribution is 0.0709. The molecule has 0 bridgehead atoms. The fourth-order valence-corrected chi connectivity index (χ4v) is 4.36. The van der Waals surface area contributed by atoms with Crippen molar-refractivity contribution in [1.82, 2.24) is 19.6 Å². The minimum Gasteiger partial charge on any atom is -0.333 e. The molecule has 2 heterocycles. The van der Waals surface area contributed by atoms with Crippen LogP contribution in [0.4, 0.5) is 0 Å². The highest BCUT2D eigenvalue weighted by atomic mass is 16.2. The topological polar surface area (TPSA) is 41.4 Å². The summed E-state index contributed by atoms with van der Waals surface area (Å²) in [5.74, 6) is 0.123. The molecular weight excluding hydrogens is 324 g/mol. The van der Waals surface area contributed by atoms with Gasteiger partial charge in [0.1, 0.15) is 0 Å². The van der Waals surface area contributed by atoms with Gasteiger partial charge in [-0.3, -0.25) is 4.79 Å². The molecule has 1 fully saturated rings. The Labute approximate surface area is 155 Å². The fourth-order valence-electron chi connectivity index (χ4n) is 4.36. The van der Waals surface area contributed by atoms with Gasteiger partial charge in [0.25, 0.3) is 5.91 Å². The number of nitrogens with zero attached hydrogens (tertiary/aromatic N) is 4. The Morgan fingerprint density at radius 2 is 1.96 bits per heavy atom. The summed E-state index contributed by atoms with van der Waals surface area (Å²) in [7, 11) is 4.15. The van der Waals surface area contributed by atoms with Gasteiger partial charge in [0, 0.05) is 30.4 Å². The van der Waals surface area contributed by atoms with Crippen LogP contribution in [0.3, 0.4) is 0 Å². The van der Waals surface area contributed by atoms with Crippen molar-refractivity contribution in [2.24, 2.45) is 0 Å². The normalized spacial score (nSPS) is 19.4. The molecule has 138 valence electrons. The Bertz CT molecular complexity index is 806. The lowest BCUT2D eigenvalue weighted by Crippen LogP contribution is -2.41. The van der Waals surface area contributed by atoms with E-state index in [1.165, 1.54) is 16.8 Å². The molecule has 1 aliphatic carbocycles. The van der Waals surface area contributed by atoms with Crippen LogP contribution < -0.4 is 0 Å². The molecule has 0 radical (unpaired) electrons. The van der Waals surface area contributed by atoms with Crippen LogP contribution in [0.5, 0.6) is 0 Å². The number of likely N-dealkylation sites (N-methyl/N-ethyl adjacent to an activating group) is 1. The second-order valence-electron chi connectivity index (χ2n) is 7.93. The van der Waals surface area contributed by atoms with Crippen molar-refractivity contribution >= 4 is 5.91 Å². The number of aromatic nitrogens is 2. The van der Waals surface area contributed by atoms with E-state index in [1.807, 2.05) is 4.68 Å². The molecule has 26 heavy (non-hydrogen) atoms. The standard InChI is InChI=1S/C21H28N4O/c1-15-9-11-16(12-10-15)25-19-8-4-7-18(19)20(22-25)21(26)24-13-5-6-17(24)14-23(2)3/h9-12,17H,4-8,13-14H2,1-3H3. The third-order valence-electron chi connectivity index (χ3n) is 5.63. The number of benzene rings is 1. The van der Waals surface area contributed by atoms with E-state index in [-0.39, 0.29) is 5.91 Å². The van der Waals surface area contributed by atoms with E-state index < -0.39 is 0 Å². The van der Waals surface area contributed by atoms with Crippen molar-refractivity contribution in [3.8, 4) is 5.69 Å². The summed E-state index contributed by atoms with van der Waals surface area (Å²) in [5.41, 5.74) is 5.37. The Hall–Kier alpha value is -2.14. The molecule has 1 aliphatic heterocycles. The smallest absolute Gasteiger partial charge is 0.274 e. The van der Waals surface area contributed by atoms with Crippen molar-refractivity contribution < 1.29 is 4.79 Å². The van der Waals surface area contributed by atoms with E-state index in [4.69, 9.17) is 5.10 Å². The molecule has 0 saturated carbocycles. The zero-order valence-corrected chi connectivity index (χ0v) is 16.0. The quantitative estimate of drug-likeness (QED) is 0.850. The van der Waals surface area contributed by atoms with Crippen LogP contribution in [0, 0.1) is 6.92 Å². The van der Waals surface area contributed by atoms with Crippen LogP contribution in [-0.2, 0) is 12.8 Å². The van der Waals surface area contributed by atoms with Crippen molar-refractivity contribution in [2.75, 3.05) is 27.2 Å². The predicted molar refractivity (Wildman–Crippen MR) is 103 cm³/mol. The summed E-state index contributed by atoms with van der Waals surface area (Å²) in [6, 6.07) is 8.71. The summed E-state index contributed by atoms with van der Waals surface area (Å²) in [6.45, 7) is 3.86. The van der Waals surface area contributed by atoms with Crippen LogP contribution in [0.25, 0.3) is 5.69 Å². The van der Waals surface area contributed by atoms with E-state index in [1.54, 1.807) is 0 Å². The Balaban J connectivity index is 1.68.